The Bertz CT molecular complexity index is 892. The van der Waals surface area contributed by atoms with Crippen LogP contribution in [0.3, 0.4) is 0 Å². The molecule has 4 nitrogen and oxygen atoms in total. The number of nitrogens with zero attached hydrogens (tertiary/aromatic N) is 2. The van der Waals surface area contributed by atoms with Gasteiger partial charge in [0.1, 0.15) is 6.54 Å². The third-order valence-electron chi connectivity index (χ3n) is 6.70. The molecule has 158 valence electrons. The van der Waals surface area contributed by atoms with E-state index in [0.717, 1.165) is 37.1 Å². The molecule has 0 amide bonds. The van der Waals surface area contributed by atoms with Gasteiger partial charge >= 0.3 is 6.18 Å². The second kappa shape index (κ2) is 7.30. The number of fused-ring (bicyclic) bond motifs is 1. The van der Waals surface area contributed by atoms with Crippen LogP contribution in [0.5, 0.6) is 0 Å². The highest BCUT2D eigenvalue weighted by Gasteiger charge is 2.50. The Morgan fingerprint density at radius 2 is 1.86 bits per heavy atom. The Hall–Kier alpha value is -1.00. The largest absolute Gasteiger partial charge is 0.406 e. The number of rotatable bonds is 4. The monoisotopic (exact) mass is 519 g/mol. The summed E-state index contributed by atoms with van der Waals surface area (Å²) in [6.45, 7) is 3.26. The van der Waals surface area contributed by atoms with Crippen molar-refractivity contribution in [2.45, 2.75) is 50.5 Å². The van der Waals surface area contributed by atoms with Crippen molar-refractivity contribution < 1.29 is 17.9 Å². The van der Waals surface area contributed by atoms with Crippen LogP contribution < -0.4 is 5.32 Å². The lowest BCUT2D eigenvalue weighted by Crippen LogP contribution is -2.68. The van der Waals surface area contributed by atoms with Gasteiger partial charge in [-0.05, 0) is 66.5 Å². The molecule has 0 atom stereocenters. The predicted octanol–water partition coefficient (Wildman–Crippen LogP) is 4.86. The van der Waals surface area contributed by atoms with Crippen molar-refractivity contribution in [1.29, 1.82) is 0 Å². The highest BCUT2D eigenvalue weighted by atomic mass is 127. The fourth-order valence-corrected chi connectivity index (χ4v) is 5.91. The Kier molecular flexibility index (Phi) is 5.02. The second-order valence-electron chi connectivity index (χ2n) is 8.95. The molecule has 2 aliphatic heterocycles. The van der Waals surface area contributed by atoms with Crippen molar-refractivity contribution in [2.75, 3.05) is 31.6 Å². The minimum Gasteiger partial charge on any atom is -0.382 e. The molecule has 3 fully saturated rings. The normalized spacial score (nSPS) is 27.0. The molecule has 1 spiro atoms. The third-order valence-corrected chi connectivity index (χ3v) is 7.59. The van der Waals surface area contributed by atoms with Crippen molar-refractivity contribution in [3.05, 3.63) is 28.0 Å². The molecular formula is C21H25F3IN3O. The lowest BCUT2D eigenvalue weighted by atomic mass is 9.75. The molecule has 2 saturated heterocycles. The van der Waals surface area contributed by atoms with E-state index in [0.29, 0.717) is 26.7 Å². The molecule has 3 aliphatic rings. The topological polar surface area (TPSA) is 29.4 Å². The fraction of sp³-hybridized carbons (Fsp3) is 0.619. The second-order valence-corrected chi connectivity index (χ2v) is 10.1. The minimum absolute atomic E-state index is 0.378. The molecule has 1 aromatic heterocycles. The van der Waals surface area contributed by atoms with E-state index in [9.17, 15) is 13.2 Å². The lowest BCUT2D eigenvalue weighted by molar-refractivity contribution is -0.200. The predicted molar refractivity (Wildman–Crippen MR) is 115 cm³/mol. The molecule has 8 heteroatoms. The first kappa shape index (κ1) is 19.9. The Balaban J connectivity index is 1.24. The van der Waals surface area contributed by atoms with Crippen LogP contribution in [0.15, 0.2) is 24.3 Å². The maximum atomic E-state index is 13.0. The Morgan fingerprint density at radius 3 is 2.48 bits per heavy atom. The van der Waals surface area contributed by atoms with Gasteiger partial charge < -0.3 is 14.6 Å². The number of hydrogen-bond donors (Lipinski definition) is 1. The standard InChI is InChI=1S/C21H25F3IN3O/c22-21(23,24)11-28-18-3-1-2-17(16(18)8-19(28)25)26-14-4-6-15(7-5-14)27-9-20(10-27)12-29-13-20/h1-3,8,14-15,26H,4-7,9-13H2/t14-,15+. The maximum absolute atomic E-state index is 13.0. The van der Waals surface area contributed by atoms with E-state index < -0.39 is 12.7 Å². The van der Waals surface area contributed by atoms with Crippen LogP contribution in [-0.4, -0.2) is 54.0 Å². The van der Waals surface area contributed by atoms with Crippen LogP contribution >= 0.6 is 22.6 Å². The summed E-state index contributed by atoms with van der Waals surface area (Å²) >= 11 is 1.99. The van der Waals surface area contributed by atoms with Gasteiger partial charge in [0.05, 0.1) is 22.4 Å². The molecule has 0 bridgehead atoms. The molecule has 1 N–H and O–H groups in total. The van der Waals surface area contributed by atoms with E-state index in [-0.39, 0.29) is 0 Å². The van der Waals surface area contributed by atoms with Crippen LogP contribution in [0.2, 0.25) is 0 Å². The summed E-state index contributed by atoms with van der Waals surface area (Å²) in [5.41, 5.74) is 2.05. The fourth-order valence-electron chi connectivity index (χ4n) is 5.17. The number of halogens is 4. The number of likely N-dealkylation sites (tertiary alicyclic amines) is 1. The SMILES string of the molecule is FC(F)(F)Cn1c(I)cc2c(N[C@H]3CC[C@@H](N4CC5(COC5)C4)CC3)cccc21. The highest BCUT2D eigenvalue weighted by molar-refractivity contribution is 14.1. The van der Waals surface area contributed by atoms with Crippen LogP contribution in [0.4, 0.5) is 18.9 Å². The van der Waals surface area contributed by atoms with Crippen LogP contribution in [0.1, 0.15) is 25.7 Å². The molecule has 2 aromatic rings. The van der Waals surface area contributed by atoms with Gasteiger partial charge in [-0.1, -0.05) is 6.07 Å². The number of aromatic nitrogens is 1. The van der Waals surface area contributed by atoms with Gasteiger partial charge in [0.15, 0.2) is 0 Å². The summed E-state index contributed by atoms with van der Waals surface area (Å²) in [6.07, 6.45) is 0.325. The van der Waals surface area contributed by atoms with Crippen molar-refractivity contribution in [1.82, 2.24) is 9.47 Å². The molecule has 1 aliphatic carbocycles. The average Bonchev–Trinajstić information content (AvgIpc) is 2.89. The number of anilines is 1. The summed E-state index contributed by atoms with van der Waals surface area (Å²) in [6, 6.07) is 8.51. The van der Waals surface area contributed by atoms with Gasteiger partial charge in [-0.2, -0.15) is 13.2 Å². The Morgan fingerprint density at radius 1 is 1.14 bits per heavy atom. The zero-order valence-electron chi connectivity index (χ0n) is 16.1. The number of alkyl halides is 3. The van der Waals surface area contributed by atoms with Gasteiger partial charge in [0, 0.05) is 41.7 Å². The van der Waals surface area contributed by atoms with Gasteiger partial charge in [0.2, 0.25) is 0 Å². The van der Waals surface area contributed by atoms with Crippen LogP contribution in [0, 0.1) is 9.12 Å². The van der Waals surface area contributed by atoms with E-state index in [4.69, 9.17) is 4.74 Å². The smallest absolute Gasteiger partial charge is 0.382 e. The third kappa shape index (κ3) is 3.87. The lowest BCUT2D eigenvalue weighted by Gasteiger charge is -2.58. The number of hydrogen-bond acceptors (Lipinski definition) is 3. The number of ether oxygens (including phenoxy) is 1. The van der Waals surface area contributed by atoms with Crippen molar-refractivity contribution in [2.24, 2.45) is 5.41 Å². The maximum Gasteiger partial charge on any atom is 0.406 e. The number of nitrogens with one attached hydrogen (secondary N) is 1. The van der Waals surface area contributed by atoms with Gasteiger partial charge in [-0.3, -0.25) is 4.90 Å². The molecular weight excluding hydrogens is 494 g/mol. The molecule has 1 saturated carbocycles. The summed E-state index contributed by atoms with van der Waals surface area (Å²) in [7, 11) is 0. The molecule has 0 unspecified atom stereocenters. The summed E-state index contributed by atoms with van der Waals surface area (Å²) in [5.74, 6) is 0. The van der Waals surface area contributed by atoms with E-state index in [1.54, 1.807) is 6.07 Å². The van der Waals surface area contributed by atoms with E-state index >= 15 is 0 Å². The average molecular weight is 519 g/mol. The number of benzene rings is 1. The van der Waals surface area contributed by atoms with Crippen molar-refractivity contribution >= 4 is 39.2 Å². The zero-order valence-corrected chi connectivity index (χ0v) is 18.3. The minimum atomic E-state index is -4.23. The van der Waals surface area contributed by atoms with E-state index in [2.05, 4.69) is 10.2 Å². The first-order valence-electron chi connectivity index (χ1n) is 10.2. The summed E-state index contributed by atoms with van der Waals surface area (Å²) in [4.78, 5) is 2.61. The van der Waals surface area contributed by atoms with Crippen molar-refractivity contribution in [3.63, 3.8) is 0 Å². The van der Waals surface area contributed by atoms with Crippen LogP contribution in [-0.2, 0) is 11.3 Å². The van der Waals surface area contributed by atoms with Gasteiger partial charge in [-0.15, -0.1) is 0 Å². The van der Waals surface area contributed by atoms with Gasteiger partial charge in [-0.25, -0.2) is 0 Å². The van der Waals surface area contributed by atoms with E-state index in [1.165, 1.54) is 30.5 Å². The quantitative estimate of drug-likeness (QED) is 0.586. The first-order valence-corrected chi connectivity index (χ1v) is 11.3. The Labute approximate surface area is 181 Å². The first-order chi connectivity index (χ1) is 13.8. The van der Waals surface area contributed by atoms with E-state index in [1.807, 2.05) is 40.8 Å². The molecule has 0 radical (unpaired) electrons. The van der Waals surface area contributed by atoms with Gasteiger partial charge in [0.25, 0.3) is 0 Å². The highest BCUT2D eigenvalue weighted by Crippen LogP contribution is 2.41. The molecule has 1 aromatic carbocycles. The summed E-state index contributed by atoms with van der Waals surface area (Å²) < 4.78 is 46.2. The molecule has 29 heavy (non-hydrogen) atoms. The molecule has 5 rings (SSSR count). The van der Waals surface area contributed by atoms with Crippen LogP contribution in [0.25, 0.3) is 10.9 Å². The summed E-state index contributed by atoms with van der Waals surface area (Å²) in [5, 5.41) is 4.50. The zero-order chi connectivity index (χ0) is 20.2. The van der Waals surface area contributed by atoms with Crippen molar-refractivity contribution in [3.8, 4) is 0 Å². The molecule has 3 heterocycles.